The Morgan fingerprint density at radius 2 is 1.84 bits per heavy atom. The number of hydrogen-bond acceptors (Lipinski definition) is 8. The van der Waals surface area contributed by atoms with Crippen LogP contribution in [0.1, 0.15) is 24.5 Å². The second kappa shape index (κ2) is 11.1. The van der Waals surface area contributed by atoms with Crippen LogP contribution < -0.4 is 21.3 Å². The summed E-state index contributed by atoms with van der Waals surface area (Å²) in [6.07, 6.45) is -8.17. The van der Waals surface area contributed by atoms with Gasteiger partial charge in [-0.3, -0.25) is 14.4 Å². The maximum Gasteiger partial charge on any atom is 0.423 e. The fourth-order valence-corrected chi connectivity index (χ4v) is 3.28. The number of carbonyl (C=O) groups excluding carboxylic acids is 1. The summed E-state index contributed by atoms with van der Waals surface area (Å²) in [6.45, 7) is 1.18. The summed E-state index contributed by atoms with van der Waals surface area (Å²) in [6, 6.07) is -0.853. The van der Waals surface area contributed by atoms with Crippen molar-refractivity contribution < 1.29 is 40.4 Å². The number of carbonyl (C=O) groups is 1. The van der Waals surface area contributed by atoms with E-state index in [0.29, 0.717) is 12.4 Å². The third-order valence-corrected chi connectivity index (χ3v) is 5.10. The largest absolute Gasteiger partial charge is 0.423 e. The summed E-state index contributed by atoms with van der Waals surface area (Å²) in [4.78, 5) is 37.3. The molecule has 0 spiro atoms. The maximum absolute atomic E-state index is 14.6. The van der Waals surface area contributed by atoms with E-state index in [-0.39, 0.29) is 37.6 Å². The molecule has 0 aliphatic carbocycles. The van der Waals surface area contributed by atoms with Crippen LogP contribution >= 0.6 is 0 Å². The standard InChI is InChI=1S/C20H20F7N7O3/c1-10(31-13-8-30-32-16(35)14(13)20(25,26)27)9-37-33-17(36)15(21)11-2-4-34(5-3-11)18-28-6-12(7-29-18)19(22,23)24/h2,6-8,10,15H,3-5,9H2,1H3,(H,33,36)(H2,31,32,35). The third-order valence-electron chi connectivity index (χ3n) is 5.10. The van der Waals surface area contributed by atoms with Gasteiger partial charge in [-0.15, -0.1) is 0 Å². The molecule has 3 heterocycles. The maximum atomic E-state index is 14.6. The predicted molar refractivity (Wildman–Crippen MR) is 114 cm³/mol. The number of aromatic amines is 1. The van der Waals surface area contributed by atoms with E-state index >= 15 is 0 Å². The number of rotatable bonds is 8. The Morgan fingerprint density at radius 1 is 1.16 bits per heavy atom. The summed E-state index contributed by atoms with van der Waals surface area (Å²) in [5.41, 5.74) is -2.57. The van der Waals surface area contributed by atoms with Crippen molar-refractivity contribution in [3.8, 4) is 0 Å². The molecule has 0 aromatic carbocycles. The predicted octanol–water partition coefficient (Wildman–Crippen LogP) is 2.62. The van der Waals surface area contributed by atoms with Gasteiger partial charge in [0.2, 0.25) is 12.1 Å². The zero-order valence-electron chi connectivity index (χ0n) is 19.0. The number of halogens is 7. The minimum atomic E-state index is -4.95. The van der Waals surface area contributed by atoms with Gasteiger partial charge in [0.25, 0.3) is 11.5 Å². The Morgan fingerprint density at radius 3 is 2.41 bits per heavy atom. The molecule has 37 heavy (non-hydrogen) atoms. The van der Waals surface area contributed by atoms with Crippen molar-refractivity contribution in [3.63, 3.8) is 0 Å². The lowest BCUT2D eigenvalue weighted by molar-refractivity contribution is -0.139. The lowest BCUT2D eigenvalue weighted by Crippen LogP contribution is -2.39. The molecule has 3 N–H and O–H groups in total. The topological polar surface area (TPSA) is 125 Å². The smallest absolute Gasteiger partial charge is 0.378 e. The fraction of sp³-hybridized carbons (Fsp3) is 0.450. The van der Waals surface area contributed by atoms with Gasteiger partial charge in [0.1, 0.15) is 5.56 Å². The minimum Gasteiger partial charge on any atom is -0.378 e. The molecule has 2 atom stereocenters. The Balaban J connectivity index is 1.49. The monoisotopic (exact) mass is 539 g/mol. The molecule has 0 saturated carbocycles. The highest BCUT2D eigenvalue weighted by molar-refractivity contribution is 5.83. The average Bonchev–Trinajstić information content (AvgIpc) is 2.82. The number of hydroxylamine groups is 1. The van der Waals surface area contributed by atoms with E-state index in [1.165, 1.54) is 17.9 Å². The number of anilines is 2. The van der Waals surface area contributed by atoms with Crippen LogP contribution in [-0.4, -0.2) is 58.0 Å². The molecule has 1 amide bonds. The molecule has 202 valence electrons. The van der Waals surface area contributed by atoms with Crippen LogP contribution in [0.25, 0.3) is 0 Å². The molecule has 1 aliphatic rings. The molecule has 1 aliphatic heterocycles. The van der Waals surface area contributed by atoms with Crippen molar-refractivity contribution in [2.45, 2.75) is 37.9 Å². The molecule has 17 heteroatoms. The second-order valence-corrected chi connectivity index (χ2v) is 7.92. The van der Waals surface area contributed by atoms with Gasteiger partial charge in [-0.2, -0.15) is 31.4 Å². The van der Waals surface area contributed by atoms with E-state index < -0.39 is 52.8 Å². The summed E-state index contributed by atoms with van der Waals surface area (Å²) >= 11 is 0. The summed E-state index contributed by atoms with van der Waals surface area (Å²) in [7, 11) is 0. The van der Waals surface area contributed by atoms with Gasteiger partial charge < -0.3 is 10.2 Å². The number of nitrogens with one attached hydrogen (secondary N) is 3. The fourth-order valence-electron chi connectivity index (χ4n) is 3.28. The Kier molecular flexibility index (Phi) is 8.35. The SMILES string of the molecule is CC(CONC(=O)C(F)C1=CCN(c2ncc(C(F)(F)F)cn2)CC1)Nc1cn[nH]c(=O)c1C(F)(F)F. The number of aromatic nitrogens is 4. The van der Waals surface area contributed by atoms with Crippen molar-refractivity contribution in [2.24, 2.45) is 0 Å². The van der Waals surface area contributed by atoms with Crippen molar-refractivity contribution in [1.82, 2.24) is 25.6 Å². The van der Waals surface area contributed by atoms with Crippen LogP contribution in [-0.2, 0) is 22.0 Å². The number of hydrogen-bond donors (Lipinski definition) is 3. The normalized spacial score (nSPS) is 16.1. The molecule has 0 saturated heterocycles. The molecule has 2 unspecified atom stereocenters. The van der Waals surface area contributed by atoms with Crippen molar-refractivity contribution in [3.05, 3.63) is 51.7 Å². The van der Waals surface area contributed by atoms with Crippen LogP contribution in [0.15, 0.2) is 35.0 Å². The van der Waals surface area contributed by atoms with Gasteiger partial charge in [0.15, 0.2) is 0 Å². The average molecular weight is 539 g/mol. The first-order chi connectivity index (χ1) is 17.3. The van der Waals surface area contributed by atoms with Crippen LogP contribution in [0.5, 0.6) is 0 Å². The van der Waals surface area contributed by atoms with Crippen LogP contribution in [0.4, 0.5) is 42.4 Å². The van der Waals surface area contributed by atoms with E-state index in [9.17, 15) is 40.3 Å². The highest BCUT2D eigenvalue weighted by atomic mass is 19.4. The van der Waals surface area contributed by atoms with E-state index in [1.54, 1.807) is 5.10 Å². The molecular weight excluding hydrogens is 519 g/mol. The quantitative estimate of drug-likeness (QED) is 0.266. The highest BCUT2D eigenvalue weighted by Crippen LogP contribution is 2.32. The number of H-pyrrole nitrogens is 1. The summed E-state index contributed by atoms with van der Waals surface area (Å²) in [5.74, 6) is -1.15. The summed E-state index contributed by atoms with van der Waals surface area (Å²) in [5, 5.41) is 7.39. The molecule has 10 nitrogen and oxygen atoms in total. The number of nitrogens with zero attached hydrogens (tertiary/aromatic N) is 4. The molecule has 0 radical (unpaired) electrons. The summed E-state index contributed by atoms with van der Waals surface area (Å²) < 4.78 is 91.7. The number of amides is 1. The van der Waals surface area contributed by atoms with Crippen molar-refractivity contribution in [1.29, 1.82) is 0 Å². The zero-order chi connectivity index (χ0) is 27.4. The van der Waals surface area contributed by atoms with Crippen LogP contribution in [0.3, 0.4) is 0 Å². The van der Waals surface area contributed by atoms with Gasteiger partial charge in [0.05, 0.1) is 24.1 Å². The molecule has 3 rings (SSSR count). The Labute approximate surface area is 203 Å². The van der Waals surface area contributed by atoms with Crippen molar-refractivity contribution in [2.75, 3.05) is 29.9 Å². The van der Waals surface area contributed by atoms with E-state index in [2.05, 4.69) is 20.4 Å². The lowest BCUT2D eigenvalue weighted by atomic mass is 10.0. The zero-order valence-corrected chi connectivity index (χ0v) is 19.0. The number of alkyl halides is 7. The third kappa shape index (κ3) is 7.14. The second-order valence-electron chi connectivity index (χ2n) is 7.92. The van der Waals surface area contributed by atoms with Gasteiger partial charge >= 0.3 is 12.4 Å². The van der Waals surface area contributed by atoms with Crippen molar-refractivity contribution >= 4 is 17.5 Å². The van der Waals surface area contributed by atoms with Gasteiger partial charge in [0, 0.05) is 31.5 Å². The van der Waals surface area contributed by atoms with Gasteiger partial charge in [-0.05, 0) is 18.9 Å². The van der Waals surface area contributed by atoms with Gasteiger partial charge in [-0.25, -0.2) is 24.9 Å². The lowest BCUT2D eigenvalue weighted by Gasteiger charge is -2.27. The first kappa shape index (κ1) is 27.8. The van der Waals surface area contributed by atoms with Crippen LogP contribution in [0.2, 0.25) is 0 Å². The molecular formula is C20H20F7N7O3. The molecule has 2 aromatic heterocycles. The highest BCUT2D eigenvalue weighted by Gasteiger charge is 2.37. The molecule has 2 aromatic rings. The first-order valence-corrected chi connectivity index (χ1v) is 10.6. The Hall–Kier alpha value is -3.76. The van der Waals surface area contributed by atoms with E-state index in [1.807, 2.05) is 5.48 Å². The first-order valence-electron chi connectivity index (χ1n) is 10.6. The Bertz CT molecular complexity index is 1180. The molecule has 0 bridgehead atoms. The molecule has 0 fully saturated rings. The van der Waals surface area contributed by atoms with E-state index in [0.717, 1.165) is 6.20 Å². The van der Waals surface area contributed by atoms with Gasteiger partial charge in [-0.1, -0.05) is 6.08 Å². The minimum absolute atomic E-state index is 0.0114. The van der Waals surface area contributed by atoms with Crippen LogP contribution in [0, 0.1) is 0 Å². The van der Waals surface area contributed by atoms with E-state index in [4.69, 9.17) is 4.84 Å².